The number of likely N-dealkylation sites (tertiary alicyclic amines) is 1. The number of methoxy groups -OCH3 is 1. The molecule has 1 fully saturated rings. The minimum Gasteiger partial charge on any atom is -0.391 e. The van der Waals surface area contributed by atoms with Crippen LogP contribution in [0.15, 0.2) is 0 Å². The van der Waals surface area contributed by atoms with Crippen molar-refractivity contribution in [1.82, 2.24) is 4.90 Å². The highest BCUT2D eigenvalue weighted by atomic mass is 16.5. The molecule has 1 saturated heterocycles. The number of nitrogens with zero attached hydrogens (tertiary/aromatic N) is 1. The topological polar surface area (TPSA) is 75.8 Å². The summed E-state index contributed by atoms with van der Waals surface area (Å²) in [5, 5.41) is 9.59. The largest absolute Gasteiger partial charge is 0.391 e. The van der Waals surface area contributed by atoms with Gasteiger partial charge in [0.1, 0.15) is 0 Å². The van der Waals surface area contributed by atoms with Gasteiger partial charge in [-0.05, 0) is 25.8 Å². The van der Waals surface area contributed by atoms with E-state index in [1.807, 2.05) is 0 Å². The molecule has 0 saturated carbocycles. The maximum atomic E-state index is 12.0. The van der Waals surface area contributed by atoms with Crippen LogP contribution >= 0.6 is 0 Å². The SMILES string of the molecule is COC[C@@H]1C[C@@H](O)CN1C(=O)CCCCCN. The smallest absolute Gasteiger partial charge is 0.222 e. The van der Waals surface area contributed by atoms with Crippen LogP contribution in [0.25, 0.3) is 0 Å². The lowest BCUT2D eigenvalue weighted by atomic mass is 10.1. The Bertz CT molecular complexity index is 236. The zero-order chi connectivity index (χ0) is 12.7. The van der Waals surface area contributed by atoms with Gasteiger partial charge >= 0.3 is 0 Å². The minimum absolute atomic E-state index is 0.0389. The van der Waals surface area contributed by atoms with E-state index < -0.39 is 6.10 Å². The van der Waals surface area contributed by atoms with E-state index in [9.17, 15) is 9.90 Å². The Morgan fingerprint density at radius 1 is 1.47 bits per heavy atom. The second kappa shape index (κ2) is 7.63. The molecule has 2 atom stereocenters. The number of nitrogens with two attached hydrogens (primary N) is 1. The maximum absolute atomic E-state index is 12.0. The third kappa shape index (κ3) is 4.61. The zero-order valence-corrected chi connectivity index (χ0v) is 10.6. The summed E-state index contributed by atoms with van der Waals surface area (Å²) in [7, 11) is 1.62. The van der Waals surface area contributed by atoms with Crippen LogP contribution in [0.4, 0.5) is 0 Å². The quantitative estimate of drug-likeness (QED) is 0.623. The second-order valence-corrected chi connectivity index (χ2v) is 4.64. The molecule has 1 aliphatic heterocycles. The third-order valence-corrected chi connectivity index (χ3v) is 3.17. The van der Waals surface area contributed by atoms with Crippen molar-refractivity contribution >= 4 is 5.91 Å². The highest BCUT2D eigenvalue weighted by Gasteiger charge is 2.33. The average Bonchev–Trinajstić information content (AvgIpc) is 2.66. The van der Waals surface area contributed by atoms with Gasteiger partial charge in [0.05, 0.1) is 18.8 Å². The third-order valence-electron chi connectivity index (χ3n) is 3.17. The van der Waals surface area contributed by atoms with Crippen LogP contribution in [0.1, 0.15) is 32.1 Å². The van der Waals surface area contributed by atoms with E-state index in [2.05, 4.69) is 0 Å². The molecule has 0 bridgehead atoms. The zero-order valence-electron chi connectivity index (χ0n) is 10.6. The molecule has 5 nitrogen and oxygen atoms in total. The van der Waals surface area contributed by atoms with E-state index >= 15 is 0 Å². The lowest BCUT2D eigenvalue weighted by Gasteiger charge is -2.23. The van der Waals surface area contributed by atoms with E-state index in [-0.39, 0.29) is 11.9 Å². The van der Waals surface area contributed by atoms with Crippen LogP contribution in [0, 0.1) is 0 Å². The van der Waals surface area contributed by atoms with Crippen LogP contribution in [0.5, 0.6) is 0 Å². The number of aliphatic hydroxyl groups is 1. The summed E-state index contributed by atoms with van der Waals surface area (Å²) in [5.74, 6) is 0.126. The van der Waals surface area contributed by atoms with Gasteiger partial charge in [0.25, 0.3) is 0 Å². The summed E-state index contributed by atoms with van der Waals surface area (Å²) < 4.78 is 5.08. The Kier molecular flexibility index (Phi) is 6.47. The lowest BCUT2D eigenvalue weighted by Crippen LogP contribution is -2.38. The molecule has 0 aromatic carbocycles. The molecule has 0 aliphatic carbocycles. The van der Waals surface area contributed by atoms with Crippen molar-refractivity contribution in [2.45, 2.75) is 44.2 Å². The van der Waals surface area contributed by atoms with Crippen molar-refractivity contribution in [1.29, 1.82) is 0 Å². The molecule has 100 valence electrons. The van der Waals surface area contributed by atoms with Gasteiger partial charge < -0.3 is 20.5 Å². The number of unbranched alkanes of at least 4 members (excludes halogenated alkanes) is 2. The monoisotopic (exact) mass is 244 g/mol. The molecule has 0 unspecified atom stereocenters. The maximum Gasteiger partial charge on any atom is 0.222 e. The average molecular weight is 244 g/mol. The molecule has 17 heavy (non-hydrogen) atoms. The first-order valence-corrected chi connectivity index (χ1v) is 6.35. The Labute approximate surface area is 103 Å². The highest BCUT2D eigenvalue weighted by molar-refractivity contribution is 5.76. The molecule has 1 aliphatic rings. The predicted octanol–water partition coefficient (Wildman–Crippen LogP) is 0.114. The Morgan fingerprint density at radius 2 is 2.24 bits per heavy atom. The molecular weight excluding hydrogens is 220 g/mol. The van der Waals surface area contributed by atoms with Crippen LogP contribution in [-0.2, 0) is 9.53 Å². The van der Waals surface area contributed by atoms with Crippen molar-refractivity contribution in [3.63, 3.8) is 0 Å². The van der Waals surface area contributed by atoms with Crippen molar-refractivity contribution in [2.75, 3.05) is 26.8 Å². The molecule has 3 N–H and O–H groups in total. The van der Waals surface area contributed by atoms with Crippen LogP contribution < -0.4 is 5.73 Å². The van der Waals surface area contributed by atoms with Crippen molar-refractivity contribution in [2.24, 2.45) is 5.73 Å². The number of hydrogen-bond acceptors (Lipinski definition) is 4. The summed E-state index contributed by atoms with van der Waals surface area (Å²) >= 11 is 0. The van der Waals surface area contributed by atoms with E-state index in [1.54, 1.807) is 12.0 Å². The van der Waals surface area contributed by atoms with Gasteiger partial charge in [-0.1, -0.05) is 6.42 Å². The van der Waals surface area contributed by atoms with Crippen LogP contribution in [0.3, 0.4) is 0 Å². The number of β-amino-alcohol motifs (C(OH)–C–C–N with tert-alkyl or cyclic N) is 1. The number of amides is 1. The predicted molar refractivity (Wildman–Crippen MR) is 65.5 cm³/mol. The molecule has 5 heteroatoms. The van der Waals surface area contributed by atoms with Gasteiger partial charge in [0.15, 0.2) is 0 Å². The Morgan fingerprint density at radius 3 is 2.88 bits per heavy atom. The van der Waals surface area contributed by atoms with Crippen molar-refractivity contribution in [3.8, 4) is 0 Å². The van der Waals surface area contributed by atoms with Gasteiger partial charge in [-0.15, -0.1) is 0 Å². The first kappa shape index (κ1) is 14.4. The fourth-order valence-electron chi connectivity index (χ4n) is 2.29. The standard InChI is InChI=1S/C12H24N2O3/c1-17-9-10-7-11(15)8-14(10)12(16)5-3-2-4-6-13/h10-11,15H,2-9,13H2,1H3/t10-,11+/m0/s1. The highest BCUT2D eigenvalue weighted by Crippen LogP contribution is 2.19. The number of carbonyl (C=O) groups excluding carboxylic acids is 1. The van der Waals surface area contributed by atoms with E-state index in [4.69, 9.17) is 10.5 Å². The normalized spacial score (nSPS) is 24.3. The summed E-state index contributed by atoms with van der Waals surface area (Å²) in [6.45, 7) is 1.64. The van der Waals surface area contributed by atoms with E-state index in [0.717, 1.165) is 19.3 Å². The molecule has 1 rings (SSSR count). The van der Waals surface area contributed by atoms with Gasteiger partial charge in [-0.3, -0.25) is 4.79 Å². The summed E-state index contributed by atoms with van der Waals surface area (Å²) in [5.41, 5.74) is 5.40. The molecule has 1 heterocycles. The first-order chi connectivity index (χ1) is 8.19. The van der Waals surface area contributed by atoms with Crippen molar-refractivity contribution in [3.05, 3.63) is 0 Å². The molecule has 0 radical (unpaired) electrons. The Hall–Kier alpha value is -0.650. The van der Waals surface area contributed by atoms with Crippen LogP contribution in [-0.4, -0.2) is 54.9 Å². The van der Waals surface area contributed by atoms with Gasteiger partial charge in [0.2, 0.25) is 5.91 Å². The Balaban J connectivity index is 2.33. The van der Waals surface area contributed by atoms with Crippen molar-refractivity contribution < 1.29 is 14.6 Å². The summed E-state index contributed by atoms with van der Waals surface area (Å²) in [6.07, 6.45) is 3.62. The molecule has 0 aromatic heterocycles. The number of rotatable bonds is 7. The molecule has 0 aromatic rings. The summed E-state index contributed by atoms with van der Waals surface area (Å²) in [6, 6.07) is 0.0389. The van der Waals surface area contributed by atoms with E-state index in [0.29, 0.717) is 32.5 Å². The first-order valence-electron chi connectivity index (χ1n) is 6.35. The van der Waals surface area contributed by atoms with Gasteiger partial charge in [-0.2, -0.15) is 0 Å². The number of carbonyl (C=O) groups is 1. The van der Waals surface area contributed by atoms with Gasteiger partial charge in [0, 0.05) is 20.1 Å². The lowest BCUT2D eigenvalue weighted by molar-refractivity contribution is -0.133. The van der Waals surface area contributed by atoms with Gasteiger partial charge in [-0.25, -0.2) is 0 Å². The summed E-state index contributed by atoms with van der Waals surface area (Å²) in [4.78, 5) is 13.7. The number of hydrogen-bond donors (Lipinski definition) is 2. The molecular formula is C12H24N2O3. The fraction of sp³-hybridized carbons (Fsp3) is 0.917. The fourth-order valence-corrected chi connectivity index (χ4v) is 2.29. The number of ether oxygens (including phenoxy) is 1. The van der Waals surface area contributed by atoms with Crippen LogP contribution in [0.2, 0.25) is 0 Å². The molecule has 0 spiro atoms. The minimum atomic E-state index is -0.400. The second-order valence-electron chi connectivity index (χ2n) is 4.64. The molecule has 1 amide bonds. The number of aliphatic hydroxyl groups excluding tert-OH is 1. The van der Waals surface area contributed by atoms with E-state index in [1.165, 1.54) is 0 Å².